The van der Waals surface area contributed by atoms with Gasteiger partial charge < -0.3 is 10.2 Å². The number of benzene rings is 2. The Bertz CT molecular complexity index is 854. The molecular formula is C17H14BrNO2. The molecule has 1 heterocycles. The van der Waals surface area contributed by atoms with Gasteiger partial charge in [-0.3, -0.25) is 4.79 Å². The molecule has 0 saturated carbocycles. The largest absolute Gasteiger partial charge is 0.459 e. The number of hydrogen-bond donors (Lipinski definition) is 1. The molecular weight excluding hydrogens is 330 g/mol. The predicted octanol–water partition coefficient (Wildman–Crippen LogP) is 4.24. The van der Waals surface area contributed by atoms with E-state index in [-0.39, 0.29) is 11.5 Å². The van der Waals surface area contributed by atoms with Gasteiger partial charge in [0.05, 0.1) is 17.0 Å². The molecule has 1 unspecified atom stereocenters. The zero-order valence-electron chi connectivity index (χ0n) is 11.5. The second-order valence-corrected chi connectivity index (χ2v) is 5.88. The van der Waals surface area contributed by atoms with Crippen molar-refractivity contribution in [2.45, 2.75) is 13.0 Å². The van der Waals surface area contributed by atoms with Crippen molar-refractivity contribution >= 4 is 26.9 Å². The second-order valence-electron chi connectivity index (χ2n) is 4.97. The molecule has 3 aromatic rings. The third-order valence-corrected chi connectivity index (χ3v) is 3.85. The van der Waals surface area contributed by atoms with Crippen molar-refractivity contribution < 1.29 is 4.42 Å². The summed E-state index contributed by atoms with van der Waals surface area (Å²) < 4.78 is 6.74. The Balaban J connectivity index is 2.43. The van der Waals surface area contributed by atoms with Crippen LogP contribution < -0.4 is 11.2 Å². The van der Waals surface area contributed by atoms with Crippen molar-refractivity contribution in [3.8, 4) is 11.1 Å². The smallest absolute Gasteiger partial charge is 0.200 e. The van der Waals surface area contributed by atoms with E-state index in [2.05, 4.69) is 15.9 Å². The highest BCUT2D eigenvalue weighted by Crippen LogP contribution is 2.28. The van der Waals surface area contributed by atoms with E-state index in [4.69, 9.17) is 10.2 Å². The number of nitrogens with two attached hydrogens (primary N) is 1. The Morgan fingerprint density at radius 1 is 1.14 bits per heavy atom. The molecule has 0 spiro atoms. The van der Waals surface area contributed by atoms with E-state index in [0.29, 0.717) is 22.3 Å². The standard InChI is InChI=1S/C17H14BrNO2/c1-10(19)17-15(11-5-3-2-4-6-11)16(20)13-9-12(18)7-8-14(13)21-17/h2-10H,19H2,1H3. The van der Waals surface area contributed by atoms with E-state index in [9.17, 15) is 4.79 Å². The first-order valence-electron chi connectivity index (χ1n) is 6.65. The van der Waals surface area contributed by atoms with E-state index in [0.717, 1.165) is 10.0 Å². The zero-order valence-corrected chi connectivity index (χ0v) is 13.1. The summed E-state index contributed by atoms with van der Waals surface area (Å²) in [5.74, 6) is 0.515. The van der Waals surface area contributed by atoms with Gasteiger partial charge in [0.1, 0.15) is 11.3 Å². The highest BCUT2D eigenvalue weighted by molar-refractivity contribution is 9.10. The Hall–Kier alpha value is -1.91. The minimum absolute atomic E-state index is 0.0592. The zero-order chi connectivity index (χ0) is 15.0. The quantitative estimate of drug-likeness (QED) is 0.756. The monoisotopic (exact) mass is 343 g/mol. The number of rotatable bonds is 2. The fourth-order valence-corrected chi connectivity index (χ4v) is 2.74. The minimum atomic E-state index is -0.360. The van der Waals surface area contributed by atoms with E-state index in [1.807, 2.05) is 43.3 Å². The maximum atomic E-state index is 12.9. The van der Waals surface area contributed by atoms with E-state index in [1.165, 1.54) is 0 Å². The SMILES string of the molecule is CC(N)c1oc2ccc(Br)cc2c(=O)c1-c1ccccc1. The Kier molecular flexibility index (Phi) is 3.66. The summed E-state index contributed by atoms with van der Waals surface area (Å²) in [6, 6.07) is 14.5. The van der Waals surface area contributed by atoms with Gasteiger partial charge in [0, 0.05) is 4.47 Å². The molecule has 0 aliphatic carbocycles. The summed E-state index contributed by atoms with van der Waals surface area (Å²) in [5.41, 5.74) is 7.85. The van der Waals surface area contributed by atoms with Crippen molar-refractivity contribution in [2.24, 2.45) is 5.73 Å². The molecule has 3 nitrogen and oxygen atoms in total. The lowest BCUT2D eigenvalue weighted by atomic mass is 9.99. The number of hydrogen-bond acceptors (Lipinski definition) is 3. The first-order chi connectivity index (χ1) is 10.1. The lowest BCUT2D eigenvalue weighted by Gasteiger charge is -2.12. The maximum Gasteiger partial charge on any atom is 0.200 e. The van der Waals surface area contributed by atoms with Crippen LogP contribution in [0.1, 0.15) is 18.7 Å². The van der Waals surface area contributed by atoms with Gasteiger partial charge in [0.2, 0.25) is 5.43 Å². The molecule has 106 valence electrons. The van der Waals surface area contributed by atoms with E-state index >= 15 is 0 Å². The number of halogens is 1. The average molecular weight is 344 g/mol. The summed E-state index contributed by atoms with van der Waals surface area (Å²) in [7, 11) is 0. The fraction of sp³-hybridized carbons (Fsp3) is 0.118. The molecule has 1 aromatic heterocycles. The van der Waals surface area contributed by atoms with Crippen molar-refractivity contribution in [1.29, 1.82) is 0 Å². The van der Waals surface area contributed by atoms with Crippen LogP contribution in [-0.4, -0.2) is 0 Å². The lowest BCUT2D eigenvalue weighted by molar-refractivity contribution is 0.503. The van der Waals surface area contributed by atoms with Crippen LogP contribution in [0.5, 0.6) is 0 Å². The van der Waals surface area contributed by atoms with Gasteiger partial charge in [-0.2, -0.15) is 0 Å². The van der Waals surface area contributed by atoms with Crippen LogP contribution in [0.3, 0.4) is 0 Å². The predicted molar refractivity (Wildman–Crippen MR) is 88.2 cm³/mol. The minimum Gasteiger partial charge on any atom is -0.459 e. The molecule has 0 fully saturated rings. The van der Waals surface area contributed by atoms with Gasteiger partial charge >= 0.3 is 0 Å². The number of fused-ring (bicyclic) bond motifs is 1. The van der Waals surface area contributed by atoms with Crippen molar-refractivity contribution in [3.63, 3.8) is 0 Å². The summed E-state index contributed by atoms with van der Waals surface area (Å²) in [4.78, 5) is 12.9. The first-order valence-corrected chi connectivity index (χ1v) is 7.44. The molecule has 2 aromatic carbocycles. The molecule has 0 saturated heterocycles. The average Bonchev–Trinajstić information content (AvgIpc) is 2.48. The normalized spacial score (nSPS) is 12.5. The van der Waals surface area contributed by atoms with Gasteiger partial charge in [-0.15, -0.1) is 0 Å². The van der Waals surface area contributed by atoms with Gasteiger partial charge in [-0.25, -0.2) is 0 Å². The molecule has 0 radical (unpaired) electrons. The van der Waals surface area contributed by atoms with Crippen molar-refractivity contribution in [3.05, 3.63) is 69.0 Å². The third kappa shape index (κ3) is 2.52. The Morgan fingerprint density at radius 2 is 1.86 bits per heavy atom. The summed E-state index contributed by atoms with van der Waals surface area (Å²) in [6.45, 7) is 1.81. The van der Waals surface area contributed by atoms with Gasteiger partial charge in [-0.05, 0) is 30.7 Å². The van der Waals surface area contributed by atoms with Crippen LogP contribution >= 0.6 is 15.9 Å². The third-order valence-electron chi connectivity index (χ3n) is 3.36. The van der Waals surface area contributed by atoms with Crippen LogP contribution in [0.25, 0.3) is 22.1 Å². The first kappa shape index (κ1) is 14.0. The summed E-state index contributed by atoms with van der Waals surface area (Å²) in [6.07, 6.45) is 0. The molecule has 0 aliphatic rings. The molecule has 2 N–H and O–H groups in total. The molecule has 4 heteroatoms. The summed E-state index contributed by atoms with van der Waals surface area (Å²) in [5, 5.41) is 0.549. The van der Waals surface area contributed by atoms with Gasteiger partial charge in [0.25, 0.3) is 0 Å². The van der Waals surface area contributed by atoms with Gasteiger partial charge in [-0.1, -0.05) is 46.3 Å². The van der Waals surface area contributed by atoms with E-state index < -0.39 is 0 Å². The van der Waals surface area contributed by atoms with Crippen LogP contribution in [0.15, 0.2) is 62.2 Å². The van der Waals surface area contributed by atoms with Crippen LogP contribution in [0.2, 0.25) is 0 Å². The van der Waals surface area contributed by atoms with Crippen LogP contribution in [-0.2, 0) is 0 Å². The highest BCUT2D eigenvalue weighted by Gasteiger charge is 2.18. The van der Waals surface area contributed by atoms with E-state index in [1.54, 1.807) is 12.1 Å². The molecule has 0 aliphatic heterocycles. The molecule has 1 atom stereocenters. The van der Waals surface area contributed by atoms with Crippen LogP contribution in [0.4, 0.5) is 0 Å². The van der Waals surface area contributed by atoms with Crippen molar-refractivity contribution in [2.75, 3.05) is 0 Å². The van der Waals surface area contributed by atoms with Crippen molar-refractivity contribution in [1.82, 2.24) is 0 Å². The van der Waals surface area contributed by atoms with Crippen LogP contribution in [0, 0.1) is 0 Å². The second kappa shape index (κ2) is 5.47. The topological polar surface area (TPSA) is 56.2 Å². The molecule has 0 amide bonds. The molecule has 0 bridgehead atoms. The Morgan fingerprint density at radius 3 is 2.52 bits per heavy atom. The molecule has 21 heavy (non-hydrogen) atoms. The summed E-state index contributed by atoms with van der Waals surface area (Å²) >= 11 is 3.39. The highest BCUT2D eigenvalue weighted by atomic mass is 79.9. The maximum absolute atomic E-state index is 12.9. The Labute approximate surface area is 130 Å². The molecule has 3 rings (SSSR count). The fourth-order valence-electron chi connectivity index (χ4n) is 2.38. The van der Waals surface area contributed by atoms with Gasteiger partial charge in [0.15, 0.2) is 0 Å². The lowest BCUT2D eigenvalue weighted by Crippen LogP contribution is -2.14.